The third-order valence-corrected chi connectivity index (χ3v) is 7.40. The highest BCUT2D eigenvalue weighted by molar-refractivity contribution is 9.10. The predicted molar refractivity (Wildman–Crippen MR) is 152 cm³/mol. The summed E-state index contributed by atoms with van der Waals surface area (Å²) in [4.78, 5) is 12.7. The molecule has 0 spiro atoms. The van der Waals surface area contributed by atoms with E-state index in [0.29, 0.717) is 33.8 Å². The first kappa shape index (κ1) is 27.3. The normalized spacial score (nSPS) is 11.0. The van der Waals surface area contributed by atoms with Crippen molar-refractivity contribution in [3.63, 3.8) is 0 Å². The second-order valence-electron chi connectivity index (χ2n) is 8.09. The number of thiocarbonyl (C=S) groups is 1. The Balaban J connectivity index is 1.29. The zero-order valence-corrected chi connectivity index (χ0v) is 23.3. The summed E-state index contributed by atoms with van der Waals surface area (Å²) in [5.74, 6) is 0.784. The van der Waals surface area contributed by atoms with E-state index in [2.05, 4.69) is 36.4 Å². The Bertz CT molecular complexity index is 1540. The number of aryl methyl sites for hydroxylation is 1. The van der Waals surface area contributed by atoms with Gasteiger partial charge in [-0.3, -0.25) is 14.8 Å². The number of rotatable bonds is 9. The second-order valence-corrected chi connectivity index (χ2v) is 11.0. The molecule has 0 bridgehead atoms. The van der Waals surface area contributed by atoms with Crippen LogP contribution in [0.5, 0.6) is 5.75 Å². The first-order valence-corrected chi connectivity index (χ1v) is 14.0. The van der Waals surface area contributed by atoms with Crippen LogP contribution in [-0.4, -0.2) is 31.2 Å². The number of benzene rings is 3. The Kier molecular flexibility index (Phi) is 8.77. The number of nitrogens with zero attached hydrogens (tertiary/aromatic N) is 1. The van der Waals surface area contributed by atoms with Crippen molar-refractivity contribution in [3.8, 4) is 5.75 Å². The molecule has 1 heterocycles. The van der Waals surface area contributed by atoms with Gasteiger partial charge >= 0.3 is 0 Å². The average molecular weight is 616 g/mol. The summed E-state index contributed by atoms with van der Waals surface area (Å²) >= 11 is 8.69. The Hall–Kier alpha value is -3.74. The van der Waals surface area contributed by atoms with Gasteiger partial charge in [0.05, 0.1) is 16.0 Å². The molecule has 0 fully saturated rings. The van der Waals surface area contributed by atoms with Gasteiger partial charge in [-0.1, -0.05) is 35.5 Å². The van der Waals surface area contributed by atoms with Gasteiger partial charge in [-0.2, -0.15) is 0 Å². The summed E-state index contributed by atoms with van der Waals surface area (Å²) in [5.41, 5.74) is 2.05. The first-order chi connectivity index (χ1) is 18.2. The highest BCUT2D eigenvalue weighted by Gasteiger charge is 2.17. The van der Waals surface area contributed by atoms with Crippen LogP contribution in [0.15, 0.2) is 92.8 Å². The lowest BCUT2D eigenvalue weighted by Gasteiger charge is -2.12. The molecule has 0 radical (unpaired) electrons. The monoisotopic (exact) mass is 614 g/mol. The Labute approximate surface area is 233 Å². The summed E-state index contributed by atoms with van der Waals surface area (Å²) in [5, 5.41) is 9.15. The number of hydrogen-bond donors (Lipinski definition) is 3. The number of ether oxygens (including phenoxy) is 1. The van der Waals surface area contributed by atoms with E-state index < -0.39 is 15.9 Å². The van der Waals surface area contributed by atoms with E-state index in [1.807, 2.05) is 30.3 Å². The molecule has 38 heavy (non-hydrogen) atoms. The number of carbonyl (C=O) groups is 1. The Morgan fingerprint density at radius 1 is 1.05 bits per heavy atom. The van der Waals surface area contributed by atoms with Crippen LogP contribution in [0.1, 0.15) is 21.7 Å². The minimum atomic E-state index is -3.85. The molecule has 9 nitrogen and oxygen atoms in total. The smallest absolute Gasteiger partial charge is 0.263 e. The van der Waals surface area contributed by atoms with Gasteiger partial charge in [-0.15, -0.1) is 0 Å². The maximum Gasteiger partial charge on any atom is 0.263 e. The highest BCUT2D eigenvalue weighted by Crippen LogP contribution is 2.26. The van der Waals surface area contributed by atoms with E-state index in [4.69, 9.17) is 21.5 Å². The van der Waals surface area contributed by atoms with Crippen LogP contribution in [0.2, 0.25) is 0 Å². The third-order valence-electron chi connectivity index (χ3n) is 5.20. The minimum absolute atomic E-state index is 0.0228. The SMILES string of the molecule is Cc1cc(NS(=O)(=O)c2ccc(NC(=S)NC(=O)c3ccc(OCCc4ccccc4)c(Br)c3)cc2)no1. The standard InChI is InChI=1S/C26H23BrN4O5S2/c1-17-15-24(30-36-17)31-38(33,34)21-10-8-20(9-11-21)28-26(37)29-25(32)19-7-12-23(22(27)16-19)35-14-13-18-5-3-2-4-6-18/h2-12,15-16H,13-14H2,1H3,(H,30,31)(H2,28,29,32,37). The highest BCUT2D eigenvalue weighted by atomic mass is 79.9. The van der Waals surface area contributed by atoms with E-state index in [-0.39, 0.29) is 15.8 Å². The number of anilines is 2. The van der Waals surface area contributed by atoms with E-state index >= 15 is 0 Å². The van der Waals surface area contributed by atoms with Gasteiger partial charge in [-0.05, 0) is 83.1 Å². The maximum atomic E-state index is 12.7. The minimum Gasteiger partial charge on any atom is -0.492 e. The largest absolute Gasteiger partial charge is 0.492 e. The fraction of sp³-hybridized carbons (Fsp3) is 0.115. The summed E-state index contributed by atoms with van der Waals surface area (Å²) in [6, 6.07) is 22.3. The summed E-state index contributed by atoms with van der Waals surface area (Å²) in [7, 11) is -3.85. The van der Waals surface area contributed by atoms with E-state index in [0.717, 1.165) is 6.42 Å². The van der Waals surface area contributed by atoms with Gasteiger partial charge in [0.15, 0.2) is 10.9 Å². The molecule has 0 saturated carbocycles. The van der Waals surface area contributed by atoms with Crippen molar-refractivity contribution >= 4 is 60.7 Å². The van der Waals surface area contributed by atoms with E-state index in [1.165, 1.54) is 35.9 Å². The molecule has 1 aromatic heterocycles. The molecule has 0 unspecified atom stereocenters. The molecule has 0 saturated heterocycles. The molecule has 0 aliphatic carbocycles. The molecule has 0 aliphatic heterocycles. The Morgan fingerprint density at radius 3 is 2.45 bits per heavy atom. The number of sulfonamides is 1. The molecule has 0 aliphatic rings. The van der Waals surface area contributed by atoms with Gasteiger partial charge < -0.3 is 14.6 Å². The molecular formula is C26H23BrN4O5S2. The van der Waals surface area contributed by atoms with Gasteiger partial charge in [-0.25, -0.2) is 8.42 Å². The molecule has 1 amide bonds. The fourth-order valence-corrected chi connectivity index (χ4v) is 5.04. The number of halogens is 1. The van der Waals surface area contributed by atoms with Crippen LogP contribution in [0, 0.1) is 6.92 Å². The van der Waals surface area contributed by atoms with Crippen LogP contribution >= 0.6 is 28.1 Å². The zero-order chi connectivity index (χ0) is 27.1. The van der Waals surface area contributed by atoms with Crippen molar-refractivity contribution in [1.29, 1.82) is 0 Å². The van der Waals surface area contributed by atoms with Crippen molar-refractivity contribution < 1.29 is 22.5 Å². The number of nitrogens with one attached hydrogen (secondary N) is 3. The van der Waals surface area contributed by atoms with Gasteiger partial charge in [0.2, 0.25) is 0 Å². The lowest BCUT2D eigenvalue weighted by atomic mass is 10.2. The maximum absolute atomic E-state index is 12.7. The van der Waals surface area contributed by atoms with Crippen LogP contribution in [-0.2, 0) is 16.4 Å². The molecule has 196 valence electrons. The summed E-state index contributed by atoms with van der Waals surface area (Å²) in [6.45, 7) is 2.15. The van der Waals surface area contributed by atoms with Crippen molar-refractivity contribution in [3.05, 3.63) is 100 Å². The molecular weight excluding hydrogens is 592 g/mol. The van der Waals surface area contributed by atoms with Crippen LogP contribution < -0.4 is 20.1 Å². The van der Waals surface area contributed by atoms with Crippen molar-refractivity contribution in [2.45, 2.75) is 18.2 Å². The second kappa shape index (κ2) is 12.2. The topological polar surface area (TPSA) is 123 Å². The van der Waals surface area contributed by atoms with Crippen molar-refractivity contribution in [2.75, 3.05) is 16.6 Å². The van der Waals surface area contributed by atoms with Crippen LogP contribution in [0.25, 0.3) is 0 Å². The fourth-order valence-electron chi connectivity index (χ4n) is 3.35. The van der Waals surface area contributed by atoms with Gasteiger partial charge in [0.25, 0.3) is 15.9 Å². The van der Waals surface area contributed by atoms with Gasteiger partial charge in [0.1, 0.15) is 11.5 Å². The van der Waals surface area contributed by atoms with E-state index in [9.17, 15) is 13.2 Å². The number of aromatic nitrogens is 1. The predicted octanol–water partition coefficient (Wildman–Crippen LogP) is 5.29. The Morgan fingerprint density at radius 2 is 1.79 bits per heavy atom. The van der Waals surface area contributed by atoms with Crippen LogP contribution in [0.3, 0.4) is 0 Å². The number of carbonyl (C=O) groups excluding carboxylic acids is 1. The third kappa shape index (κ3) is 7.40. The van der Waals surface area contributed by atoms with Gasteiger partial charge in [0, 0.05) is 23.7 Å². The first-order valence-electron chi connectivity index (χ1n) is 11.3. The molecule has 3 aromatic carbocycles. The summed E-state index contributed by atoms with van der Waals surface area (Å²) < 4.78 is 38.7. The lowest BCUT2D eigenvalue weighted by Crippen LogP contribution is -2.34. The average Bonchev–Trinajstić information content (AvgIpc) is 3.29. The van der Waals surface area contributed by atoms with Crippen LogP contribution in [0.4, 0.5) is 11.5 Å². The van der Waals surface area contributed by atoms with E-state index in [1.54, 1.807) is 25.1 Å². The molecule has 12 heteroatoms. The molecule has 0 atom stereocenters. The lowest BCUT2D eigenvalue weighted by molar-refractivity contribution is 0.0977. The molecule has 4 aromatic rings. The quantitative estimate of drug-likeness (QED) is 0.217. The molecule has 4 rings (SSSR count). The number of amides is 1. The molecule has 3 N–H and O–H groups in total. The van der Waals surface area contributed by atoms with Crippen molar-refractivity contribution in [1.82, 2.24) is 10.5 Å². The number of hydrogen-bond acceptors (Lipinski definition) is 7. The zero-order valence-electron chi connectivity index (χ0n) is 20.1. The summed E-state index contributed by atoms with van der Waals surface area (Å²) in [6.07, 6.45) is 0.764. The van der Waals surface area contributed by atoms with Crippen molar-refractivity contribution in [2.24, 2.45) is 0 Å².